The minimum atomic E-state index is -0.315. The Kier molecular flexibility index (Phi) is 5.47. The molecule has 0 aliphatic heterocycles. The Balaban J connectivity index is 1.68. The molecule has 3 aromatic rings. The number of halogens is 2. The number of hydrogen-bond donors (Lipinski definition) is 2. The predicted octanol–water partition coefficient (Wildman–Crippen LogP) is 5.38. The number of hydrogen-bond acceptors (Lipinski definition) is 5. The van der Waals surface area contributed by atoms with Crippen LogP contribution in [-0.4, -0.2) is 21.0 Å². The van der Waals surface area contributed by atoms with Crippen LogP contribution in [0.15, 0.2) is 48.7 Å². The molecule has 0 bridgehead atoms. The summed E-state index contributed by atoms with van der Waals surface area (Å²) < 4.78 is 15.1. The highest BCUT2D eigenvalue weighted by Crippen LogP contribution is 2.26. The number of aromatic nitrogens is 3. The Hall–Kier alpha value is -2.29. The van der Waals surface area contributed by atoms with E-state index in [1.807, 2.05) is 24.3 Å². The van der Waals surface area contributed by atoms with Crippen LogP contribution in [0.4, 0.5) is 21.8 Å². The van der Waals surface area contributed by atoms with Crippen LogP contribution in [0.5, 0.6) is 0 Å². The quantitative estimate of drug-likeness (QED) is 0.486. The summed E-state index contributed by atoms with van der Waals surface area (Å²) >= 11 is 2.09. The van der Waals surface area contributed by atoms with Crippen LogP contribution < -0.4 is 10.6 Å². The number of pyridine rings is 1. The van der Waals surface area contributed by atoms with Crippen molar-refractivity contribution >= 4 is 40.0 Å². The van der Waals surface area contributed by atoms with E-state index < -0.39 is 0 Å². The van der Waals surface area contributed by atoms with E-state index in [1.165, 1.54) is 18.9 Å². The van der Waals surface area contributed by atoms with Crippen molar-refractivity contribution in [2.45, 2.75) is 31.7 Å². The molecule has 1 fully saturated rings. The summed E-state index contributed by atoms with van der Waals surface area (Å²) in [5.41, 5.74) is 1.83. The van der Waals surface area contributed by atoms with Crippen LogP contribution >= 0.6 is 22.6 Å². The molecular formula is C20H19FIN5. The second kappa shape index (κ2) is 8.16. The maximum absolute atomic E-state index is 14.2. The minimum absolute atomic E-state index is 0.315. The van der Waals surface area contributed by atoms with E-state index in [4.69, 9.17) is 0 Å². The van der Waals surface area contributed by atoms with E-state index in [1.54, 1.807) is 18.3 Å². The molecule has 2 N–H and O–H groups in total. The summed E-state index contributed by atoms with van der Waals surface area (Å²) in [4.78, 5) is 13.6. The lowest BCUT2D eigenvalue weighted by molar-refractivity contribution is 0.631. The van der Waals surface area contributed by atoms with E-state index in [9.17, 15) is 4.39 Å². The maximum atomic E-state index is 14.2. The van der Waals surface area contributed by atoms with Crippen LogP contribution in [0.25, 0.3) is 11.4 Å². The van der Waals surface area contributed by atoms with Gasteiger partial charge in [-0.15, -0.1) is 0 Å². The minimum Gasteiger partial charge on any atom is -0.351 e. The Morgan fingerprint density at radius 2 is 1.85 bits per heavy atom. The molecule has 7 heteroatoms. The molecule has 1 aliphatic carbocycles. The Morgan fingerprint density at radius 1 is 1.00 bits per heavy atom. The smallest absolute Gasteiger partial charge is 0.225 e. The molecule has 1 aromatic carbocycles. The molecule has 2 aromatic heterocycles. The van der Waals surface area contributed by atoms with Crippen molar-refractivity contribution in [1.82, 2.24) is 15.0 Å². The second-order valence-electron chi connectivity index (χ2n) is 6.55. The van der Waals surface area contributed by atoms with E-state index in [0.29, 0.717) is 29.2 Å². The summed E-state index contributed by atoms with van der Waals surface area (Å²) in [6.07, 6.45) is 6.40. The molecule has 5 nitrogen and oxygen atoms in total. The summed E-state index contributed by atoms with van der Waals surface area (Å²) in [5.74, 6) is 0.759. The molecule has 1 saturated carbocycles. The van der Waals surface area contributed by atoms with Gasteiger partial charge in [-0.1, -0.05) is 18.9 Å². The van der Waals surface area contributed by atoms with Gasteiger partial charge < -0.3 is 10.6 Å². The van der Waals surface area contributed by atoms with Gasteiger partial charge in [0.05, 0.1) is 17.1 Å². The van der Waals surface area contributed by atoms with Gasteiger partial charge in [-0.05, 0) is 65.8 Å². The van der Waals surface area contributed by atoms with Crippen molar-refractivity contribution in [3.63, 3.8) is 0 Å². The molecule has 1 aliphatic rings. The first-order chi connectivity index (χ1) is 13.2. The highest BCUT2D eigenvalue weighted by atomic mass is 127. The van der Waals surface area contributed by atoms with Gasteiger partial charge in [0.2, 0.25) is 5.95 Å². The van der Waals surface area contributed by atoms with Crippen molar-refractivity contribution in [3.8, 4) is 11.4 Å². The lowest BCUT2D eigenvalue weighted by atomic mass is 10.2. The zero-order valence-electron chi connectivity index (χ0n) is 14.6. The lowest BCUT2D eigenvalue weighted by Gasteiger charge is -2.15. The van der Waals surface area contributed by atoms with Gasteiger partial charge in [0, 0.05) is 21.9 Å². The van der Waals surface area contributed by atoms with Crippen LogP contribution in [-0.2, 0) is 0 Å². The van der Waals surface area contributed by atoms with Crippen molar-refractivity contribution in [2.24, 2.45) is 0 Å². The van der Waals surface area contributed by atoms with E-state index in [-0.39, 0.29) is 5.82 Å². The number of benzene rings is 1. The first-order valence-corrected chi connectivity index (χ1v) is 10.0. The first kappa shape index (κ1) is 18.1. The highest BCUT2D eigenvalue weighted by molar-refractivity contribution is 14.1. The topological polar surface area (TPSA) is 62.7 Å². The van der Waals surface area contributed by atoms with Gasteiger partial charge in [-0.2, -0.15) is 4.98 Å². The standard InChI is InChI=1S/C20H19FIN5/c21-15-11-13(22)8-9-16(15)25-19-12-18(17-7-3-4-10-23-17)26-20(27-19)24-14-5-1-2-6-14/h3-4,7-12,14H,1-2,5-6H2,(H2,24,25,26,27). The largest absolute Gasteiger partial charge is 0.351 e. The van der Waals surface area contributed by atoms with Crippen molar-refractivity contribution in [1.29, 1.82) is 0 Å². The third kappa shape index (κ3) is 4.52. The fourth-order valence-corrected chi connectivity index (χ4v) is 3.66. The van der Waals surface area contributed by atoms with E-state index >= 15 is 0 Å². The van der Waals surface area contributed by atoms with Crippen molar-refractivity contribution < 1.29 is 4.39 Å². The normalized spacial score (nSPS) is 14.3. The van der Waals surface area contributed by atoms with Gasteiger partial charge in [0.15, 0.2) is 0 Å². The molecular weight excluding hydrogens is 456 g/mol. The van der Waals surface area contributed by atoms with Crippen LogP contribution in [0.3, 0.4) is 0 Å². The van der Waals surface area contributed by atoms with Crippen LogP contribution in [0.2, 0.25) is 0 Å². The van der Waals surface area contributed by atoms with Crippen LogP contribution in [0.1, 0.15) is 25.7 Å². The molecule has 138 valence electrons. The lowest BCUT2D eigenvalue weighted by Crippen LogP contribution is -2.17. The van der Waals surface area contributed by atoms with Gasteiger partial charge in [0.1, 0.15) is 11.6 Å². The number of anilines is 3. The molecule has 0 radical (unpaired) electrons. The summed E-state index contributed by atoms with van der Waals surface area (Å²) in [6.45, 7) is 0. The van der Waals surface area contributed by atoms with Gasteiger partial charge in [0.25, 0.3) is 0 Å². The molecule has 27 heavy (non-hydrogen) atoms. The van der Waals surface area contributed by atoms with Gasteiger partial charge in [-0.3, -0.25) is 4.98 Å². The Morgan fingerprint density at radius 3 is 2.59 bits per heavy atom. The molecule has 0 spiro atoms. The molecule has 0 amide bonds. The SMILES string of the molecule is Fc1cc(I)ccc1Nc1cc(-c2ccccn2)nc(NC2CCCC2)n1. The summed E-state index contributed by atoms with van der Waals surface area (Å²) in [5, 5.41) is 6.49. The molecule has 4 rings (SSSR count). The predicted molar refractivity (Wildman–Crippen MR) is 114 cm³/mol. The number of nitrogens with zero attached hydrogens (tertiary/aromatic N) is 3. The first-order valence-electron chi connectivity index (χ1n) is 8.96. The molecule has 0 atom stereocenters. The average molecular weight is 475 g/mol. The van der Waals surface area contributed by atoms with E-state index in [0.717, 1.165) is 22.1 Å². The monoisotopic (exact) mass is 475 g/mol. The Labute approximate surface area is 171 Å². The van der Waals surface area contributed by atoms with Crippen LogP contribution in [0, 0.1) is 9.39 Å². The third-order valence-electron chi connectivity index (χ3n) is 4.54. The number of rotatable bonds is 5. The fraction of sp³-hybridized carbons (Fsp3) is 0.250. The van der Waals surface area contributed by atoms with Gasteiger partial charge in [-0.25, -0.2) is 9.37 Å². The average Bonchev–Trinajstić information content (AvgIpc) is 3.18. The Bertz CT molecular complexity index is 929. The fourth-order valence-electron chi connectivity index (χ4n) is 3.20. The zero-order chi connectivity index (χ0) is 18.6. The van der Waals surface area contributed by atoms with Crippen molar-refractivity contribution in [3.05, 3.63) is 58.0 Å². The van der Waals surface area contributed by atoms with Gasteiger partial charge >= 0.3 is 0 Å². The zero-order valence-corrected chi connectivity index (χ0v) is 16.8. The molecule has 0 saturated heterocycles. The third-order valence-corrected chi connectivity index (χ3v) is 5.21. The van der Waals surface area contributed by atoms with Crippen molar-refractivity contribution in [2.75, 3.05) is 10.6 Å². The molecule has 2 heterocycles. The maximum Gasteiger partial charge on any atom is 0.225 e. The van der Waals surface area contributed by atoms with E-state index in [2.05, 4.69) is 48.2 Å². The highest BCUT2D eigenvalue weighted by Gasteiger charge is 2.17. The second-order valence-corrected chi connectivity index (χ2v) is 7.80. The number of nitrogens with one attached hydrogen (secondary N) is 2. The molecule has 0 unspecified atom stereocenters. The summed E-state index contributed by atoms with van der Waals surface area (Å²) in [6, 6.07) is 12.9. The summed E-state index contributed by atoms with van der Waals surface area (Å²) in [7, 11) is 0.